The standard InChI is InChI=1S/C21H27N3O4/c1-22-21(23-10-8-15-4-6-19-20(12-15)28-14-27-19)24-11-9-16-13-17(25-2)5-7-18(16)26-3/h4-7,12-13H,8-11,14H2,1-3H3,(H2,22,23,24). The molecule has 0 amide bonds. The summed E-state index contributed by atoms with van der Waals surface area (Å²) in [6.07, 6.45) is 1.66. The number of hydrogen-bond acceptors (Lipinski definition) is 5. The fourth-order valence-electron chi connectivity index (χ4n) is 3.04. The number of fused-ring (bicyclic) bond motifs is 1. The van der Waals surface area contributed by atoms with Gasteiger partial charge in [-0.2, -0.15) is 0 Å². The van der Waals surface area contributed by atoms with Crippen LogP contribution in [-0.4, -0.2) is 47.1 Å². The molecule has 0 spiro atoms. The zero-order valence-electron chi connectivity index (χ0n) is 16.6. The largest absolute Gasteiger partial charge is 0.497 e. The first-order valence-electron chi connectivity index (χ1n) is 9.27. The summed E-state index contributed by atoms with van der Waals surface area (Å²) in [5, 5.41) is 6.67. The highest BCUT2D eigenvalue weighted by atomic mass is 16.7. The van der Waals surface area contributed by atoms with E-state index in [2.05, 4.69) is 21.7 Å². The normalized spacial score (nSPS) is 12.6. The number of nitrogens with zero attached hydrogens (tertiary/aromatic N) is 1. The Labute approximate surface area is 165 Å². The summed E-state index contributed by atoms with van der Waals surface area (Å²) in [4.78, 5) is 4.28. The zero-order valence-corrected chi connectivity index (χ0v) is 16.6. The molecule has 0 fully saturated rings. The van der Waals surface area contributed by atoms with Gasteiger partial charge in [-0.05, 0) is 54.3 Å². The van der Waals surface area contributed by atoms with Crippen molar-refractivity contribution in [2.75, 3.05) is 41.1 Å². The SMILES string of the molecule is CN=C(NCCc1ccc2c(c1)OCO2)NCCc1cc(OC)ccc1OC. The van der Waals surface area contributed by atoms with Crippen LogP contribution in [0, 0.1) is 0 Å². The second kappa shape index (κ2) is 9.73. The summed E-state index contributed by atoms with van der Waals surface area (Å²) in [6.45, 7) is 1.79. The average Bonchev–Trinajstić information content (AvgIpc) is 3.20. The maximum absolute atomic E-state index is 5.43. The Morgan fingerprint density at radius 1 is 0.964 bits per heavy atom. The lowest BCUT2D eigenvalue weighted by molar-refractivity contribution is 0.174. The van der Waals surface area contributed by atoms with E-state index in [1.165, 1.54) is 5.56 Å². The molecule has 2 N–H and O–H groups in total. The van der Waals surface area contributed by atoms with Crippen molar-refractivity contribution in [2.24, 2.45) is 4.99 Å². The predicted molar refractivity (Wildman–Crippen MR) is 109 cm³/mol. The maximum atomic E-state index is 5.43. The Morgan fingerprint density at radius 3 is 2.50 bits per heavy atom. The molecular formula is C21H27N3O4. The third kappa shape index (κ3) is 5.00. The summed E-state index contributed by atoms with van der Waals surface area (Å²) in [7, 11) is 5.10. The minimum Gasteiger partial charge on any atom is -0.497 e. The van der Waals surface area contributed by atoms with Gasteiger partial charge in [0, 0.05) is 20.1 Å². The van der Waals surface area contributed by atoms with Crippen LogP contribution in [0.4, 0.5) is 0 Å². The lowest BCUT2D eigenvalue weighted by Crippen LogP contribution is -2.39. The van der Waals surface area contributed by atoms with Crippen molar-refractivity contribution in [2.45, 2.75) is 12.8 Å². The van der Waals surface area contributed by atoms with Gasteiger partial charge in [-0.3, -0.25) is 4.99 Å². The first-order chi connectivity index (χ1) is 13.7. The Balaban J connectivity index is 1.45. The van der Waals surface area contributed by atoms with Crippen LogP contribution >= 0.6 is 0 Å². The second-order valence-electron chi connectivity index (χ2n) is 6.29. The van der Waals surface area contributed by atoms with Crippen molar-refractivity contribution >= 4 is 5.96 Å². The van der Waals surface area contributed by atoms with Crippen LogP contribution in [-0.2, 0) is 12.8 Å². The van der Waals surface area contributed by atoms with Gasteiger partial charge in [0.2, 0.25) is 6.79 Å². The van der Waals surface area contributed by atoms with Crippen LogP contribution in [0.3, 0.4) is 0 Å². The highest BCUT2D eigenvalue weighted by Gasteiger charge is 2.13. The van der Waals surface area contributed by atoms with Crippen LogP contribution in [0.15, 0.2) is 41.4 Å². The Hall–Kier alpha value is -3.09. The van der Waals surface area contributed by atoms with Gasteiger partial charge in [-0.1, -0.05) is 6.07 Å². The van der Waals surface area contributed by atoms with E-state index in [4.69, 9.17) is 18.9 Å². The van der Waals surface area contributed by atoms with Crippen LogP contribution in [0.5, 0.6) is 23.0 Å². The number of nitrogens with one attached hydrogen (secondary N) is 2. The monoisotopic (exact) mass is 385 g/mol. The highest BCUT2D eigenvalue weighted by molar-refractivity contribution is 5.79. The minimum atomic E-state index is 0.297. The molecule has 2 aromatic carbocycles. The molecule has 0 saturated carbocycles. The molecule has 0 saturated heterocycles. The highest BCUT2D eigenvalue weighted by Crippen LogP contribution is 2.32. The van der Waals surface area contributed by atoms with Crippen LogP contribution in [0.25, 0.3) is 0 Å². The number of rotatable bonds is 8. The van der Waals surface area contributed by atoms with Gasteiger partial charge in [0.25, 0.3) is 0 Å². The van der Waals surface area contributed by atoms with E-state index in [1.54, 1.807) is 21.3 Å². The minimum absolute atomic E-state index is 0.297. The third-order valence-corrected chi connectivity index (χ3v) is 4.54. The van der Waals surface area contributed by atoms with E-state index in [1.807, 2.05) is 30.3 Å². The fraction of sp³-hybridized carbons (Fsp3) is 0.381. The topological polar surface area (TPSA) is 73.3 Å². The lowest BCUT2D eigenvalue weighted by Gasteiger charge is -2.14. The number of methoxy groups -OCH3 is 2. The molecule has 0 aliphatic carbocycles. The van der Waals surface area contributed by atoms with Gasteiger partial charge in [-0.15, -0.1) is 0 Å². The molecular weight excluding hydrogens is 358 g/mol. The summed E-state index contributed by atoms with van der Waals surface area (Å²) in [5.41, 5.74) is 2.28. The molecule has 150 valence electrons. The predicted octanol–water partition coefficient (Wildman–Crippen LogP) is 2.38. The number of ether oxygens (including phenoxy) is 4. The van der Waals surface area contributed by atoms with Crippen LogP contribution in [0.2, 0.25) is 0 Å². The van der Waals surface area contributed by atoms with Crippen molar-refractivity contribution in [1.82, 2.24) is 10.6 Å². The molecule has 7 heteroatoms. The summed E-state index contributed by atoms with van der Waals surface area (Å²) in [5.74, 6) is 4.06. The van der Waals surface area contributed by atoms with E-state index in [-0.39, 0.29) is 0 Å². The van der Waals surface area contributed by atoms with E-state index in [0.717, 1.165) is 60.5 Å². The van der Waals surface area contributed by atoms with Gasteiger partial charge in [0.05, 0.1) is 14.2 Å². The molecule has 0 aromatic heterocycles. The third-order valence-electron chi connectivity index (χ3n) is 4.54. The lowest BCUT2D eigenvalue weighted by atomic mass is 10.1. The maximum Gasteiger partial charge on any atom is 0.231 e. The van der Waals surface area contributed by atoms with Crippen molar-refractivity contribution in [3.8, 4) is 23.0 Å². The van der Waals surface area contributed by atoms with Gasteiger partial charge in [0.1, 0.15) is 11.5 Å². The number of hydrogen-bond donors (Lipinski definition) is 2. The van der Waals surface area contributed by atoms with Gasteiger partial charge in [-0.25, -0.2) is 0 Å². The Bertz CT molecular complexity index is 823. The van der Waals surface area contributed by atoms with Crippen molar-refractivity contribution in [3.63, 3.8) is 0 Å². The number of aliphatic imine (C=N–C) groups is 1. The molecule has 0 unspecified atom stereocenters. The molecule has 3 rings (SSSR count). The second-order valence-corrected chi connectivity index (χ2v) is 6.29. The van der Waals surface area contributed by atoms with Gasteiger partial charge < -0.3 is 29.6 Å². The summed E-state index contributed by atoms with van der Waals surface area (Å²) in [6, 6.07) is 11.8. The van der Waals surface area contributed by atoms with E-state index >= 15 is 0 Å². The molecule has 0 bridgehead atoms. The smallest absolute Gasteiger partial charge is 0.231 e. The van der Waals surface area contributed by atoms with Crippen molar-refractivity contribution in [3.05, 3.63) is 47.5 Å². The van der Waals surface area contributed by atoms with Gasteiger partial charge >= 0.3 is 0 Å². The molecule has 0 atom stereocenters. The molecule has 7 nitrogen and oxygen atoms in total. The first kappa shape index (κ1) is 19.7. The Kier molecular flexibility index (Phi) is 6.84. The summed E-state index contributed by atoms with van der Waals surface area (Å²) < 4.78 is 21.5. The zero-order chi connectivity index (χ0) is 19.8. The molecule has 1 heterocycles. The quantitative estimate of drug-likeness (QED) is 0.537. The molecule has 28 heavy (non-hydrogen) atoms. The van der Waals surface area contributed by atoms with Crippen LogP contribution in [0.1, 0.15) is 11.1 Å². The van der Waals surface area contributed by atoms with Crippen molar-refractivity contribution < 1.29 is 18.9 Å². The average molecular weight is 385 g/mol. The number of guanidine groups is 1. The molecule has 1 aliphatic rings. The first-order valence-corrected chi connectivity index (χ1v) is 9.27. The van der Waals surface area contributed by atoms with E-state index < -0.39 is 0 Å². The van der Waals surface area contributed by atoms with Crippen molar-refractivity contribution in [1.29, 1.82) is 0 Å². The molecule has 2 aromatic rings. The molecule has 0 radical (unpaired) electrons. The van der Waals surface area contributed by atoms with Gasteiger partial charge in [0.15, 0.2) is 17.5 Å². The Morgan fingerprint density at radius 2 is 1.75 bits per heavy atom. The number of benzene rings is 2. The van der Waals surface area contributed by atoms with E-state index in [9.17, 15) is 0 Å². The fourth-order valence-corrected chi connectivity index (χ4v) is 3.04. The van der Waals surface area contributed by atoms with Crippen LogP contribution < -0.4 is 29.6 Å². The molecule has 1 aliphatic heterocycles. The van der Waals surface area contributed by atoms with E-state index in [0.29, 0.717) is 6.79 Å². The summed E-state index contributed by atoms with van der Waals surface area (Å²) >= 11 is 0.